The van der Waals surface area contributed by atoms with Crippen molar-refractivity contribution in [1.29, 1.82) is 0 Å². The number of nitrogens with zero attached hydrogens (tertiary/aromatic N) is 4. The van der Waals surface area contributed by atoms with Gasteiger partial charge in [0.15, 0.2) is 10.9 Å². The molecule has 0 fully saturated rings. The lowest BCUT2D eigenvalue weighted by atomic mass is 10.1. The van der Waals surface area contributed by atoms with Crippen LogP contribution in [0.15, 0.2) is 49.1 Å². The van der Waals surface area contributed by atoms with Crippen LogP contribution in [0, 0.1) is 6.92 Å². The number of fused-ring (bicyclic) bond motifs is 1. The average molecular weight is 349 g/mol. The van der Waals surface area contributed by atoms with Crippen LogP contribution in [0.3, 0.4) is 0 Å². The molecule has 0 aliphatic rings. The van der Waals surface area contributed by atoms with Gasteiger partial charge in [0, 0.05) is 18.0 Å². The number of methoxy groups -OCH3 is 1. The Morgan fingerprint density at radius 3 is 2.68 bits per heavy atom. The van der Waals surface area contributed by atoms with E-state index in [1.165, 1.54) is 0 Å². The molecule has 6 nitrogen and oxygen atoms in total. The fraction of sp³-hybridized carbons (Fsp3) is 0.111. The molecule has 0 aliphatic carbocycles. The average Bonchev–Trinajstić information content (AvgIpc) is 3.03. The molecule has 124 valence electrons. The predicted octanol–water partition coefficient (Wildman–Crippen LogP) is 4.21. The predicted molar refractivity (Wildman–Crippen MR) is 99.5 cm³/mol. The summed E-state index contributed by atoms with van der Waals surface area (Å²) < 4.78 is 6.34. The second kappa shape index (κ2) is 6.45. The van der Waals surface area contributed by atoms with Crippen molar-refractivity contribution in [3.63, 3.8) is 0 Å². The Labute approximate surface area is 148 Å². The number of aryl methyl sites for hydroxylation is 1. The van der Waals surface area contributed by atoms with Gasteiger partial charge in [-0.25, -0.2) is 9.97 Å². The molecule has 0 aliphatic heterocycles. The Kier molecular flexibility index (Phi) is 3.99. The van der Waals surface area contributed by atoms with Gasteiger partial charge in [0.05, 0.1) is 35.4 Å². The molecule has 4 rings (SSSR count). The molecule has 1 aromatic carbocycles. The molecular weight excluding hydrogens is 334 g/mol. The second-order valence-electron chi connectivity index (χ2n) is 5.49. The van der Waals surface area contributed by atoms with E-state index < -0.39 is 0 Å². The van der Waals surface area contributed by atoms with Crippen molar-refractivity contribution < 1.29 is 4.74 Å². The molecule has 0 bridgehead atoms. The molecule has 3 aromatic heterocycles. The van der Waals surface area contributed by atoms with Crippen molar-refractivity contribution in [3.8, 4) is 16.9 Å². The van der Waals surface area contributed by atoms with Gasteiger partial charge in [-0.15, -0.1) is 0 Å². The quantitative estimate of drug-likeness (QED) is 0.595. The molecule has 0 amide bonds. The number of rotatable bonds is 4. The molecule has 4 aromatic rings. The van der Waals surface area contributed by atoms with Crippen molar-refractivity contribution in [2.75, 3.05) is 12.4 Å². The van der Waals surface area contributed by atoms with Gasteiger partial charge >= 0.3 is 0 Å². The van der Waals surface area contributed by atoms with E-state index >= 15 is 0 Å². The first-order valence-electron chi connectivity index (χ1n) is 7.67. The van der Waals surface area contributed by atoms with Gasteiger partial charge in [-0.2, -0.15) is 0 Å². The van der Waals surface area contributed by atoms with Gasteiger partial charge in [0.25, 0.3) is 0 Å². The van der Waals surface area contributed by atoms with Gasteiger partial charge < -0.3 is 10.1 Å². The Morgan fingerprint density at radius 2 is 1.84 bits per heavy atom. The SMILES string of the molecule is COc1cncc(-c2ccc3nc(Nc4cncc(C)n4)sc3c2)c1. The molecule has 0 radical (unpaired) electrons. The molecule has 0 saturated carbocycles. The molecule has 1 N–H and O–H groups in total. The number of hydrogen-bond acceptors (Lipinski definition) is 7. The summed E-state index contributed by atoms with van der Waals surface area (Å²) >= 11 is 1.58. The Bertz CT molecular complexity index is 1050. The smallest absolute Gasteiger partial charge is 0.189 e. The van der Waals surface area contributed by atoms with Crippen molar-refractivity contribution in [2.45, 2.75) is 6.92 Å². The van der Waals surface area contributed by atoms with Crippen molar-refractivity contribution in [1.82, 2.24) is 19.9 Å². The number of ether oxygens (including phenoxy) is 1. The normalized spacial score (nSPS) is 10.8. The van der Waals surface area contributed by atoms with Crippen molar-refractivity contribution in [3.05, 3.63) is 54.7 Å². The first-order valence-corrected chi connectivity index (χ1v) is 8.48. The largest absolute Gasteiger partial charge is 0.495 e. The lowest BCUT2D eigenvalue weighted by molar-refractivity contribution is 0.413. The van der Waals surface area contributed by atoms with Crippen LogP contribution in [0.5, 0.6) is 5.75 Å². The summed E-state index contributed by atoms with van der Waals surface area (Å²) in [5, 5.41) is 4.00. The van der Waals surface area contributed by atoms with Crippen LogP contribution in [0.1, 0.15) is 5.69 Å². The third-order valence-corrected chi connectivity index (χ3v) is 4.59. The third-order valence-electron chi connectivity index (χ3n) is 3.66. The number of pyridine rings is 1. The fourth-order valence-corrected chi connectivity index (χ4v) is 3.39. The van der Waals surface area contributed by atoms with E-state index in [-0.39, 0.29) is 0 Å². The molecule has 0 atom stereocenters. The summed E-state index contributed by atoms with van der Waals surface area (Å²) in [4.78, 5) is 17.4. The Hall–Kier alpha value is -3.06. The summed E-state index contributed by atoms with van der Waals surface area (Å²) in [6, 6.07) is 8.12. The van der Waals surface area contributed by atoms with Gasteiger partial charge in [-0.05, 0) is 30.7 Å². The highest BCUT2D eigenvalue weighted by atomic mass is 32.1. The van der Waals surface area contributed by atoms with Crippen LogP contribution in [-0.2, 0) is 0 Å². The number of hydrogen-bond donors (Lipinski definition) is 1. The monoisotopic (exact) mass is 349 g/mol. The zero-order valence-corrected chi connectivity index (χ0v) is 14.5. The van der Waals surface area contributed by atoms with Gasteiger partial charge in [-0.3, -0.25) is 9.97 Å². The first-order chi connectivity index (χ1) is 12.2. The van der Waals surface area contributed by atoms with Gasteiger partial charge in [0.2, 0.25) is 0 Å². The van der Waals surface area contributed by atoms with E-state index in [1.807, 2.05) is 31.3 Å². The van der Waals surface area contributed by atoms with Crippen LogP contribution >= 0.6 is 11.3 Å². The number of benzene rings is 1. The molecule has 3 heterocycles. The van der Waals surface area contributed by atoms with Crippen LogP contribution in [-0.4, -0.2) is 27.0 Å². The topological polar surface area (TPSA) is 72.8 Å². The van der Waals surface area contributed by atoms with Crippen LogP contribution in [0.2, 0.25) is 0 Å². The molecular formula is C18H15N5OS. The summed E-state index contributed by atoms with van der Waals surface area (Å²) in [5.74, 6) is 1.43. The van der Waals surface area contributed by atoms with Crippen LogP contribution in [0.4, 0.5) is 10.9 Å². The maximum atomic E-state index is 5.25. The maximum absolute atomic E-state index is 5.25. The van der Waals surface area contributed by atoms with Gasteiger partial charge in [0.1, 0.15) is 5.75 Å². The zero-order chi connectivity index (χ0) is 17.2. The minimum Gasteiger partial charge on any atom is -0.495 e. The zero-order valence-electron chi connectivity index (χ0n) is 13.7. The number of nitrogens with one attached hydrogen (secondary N) is 1. The highest BCUT2D eigenvalue weighted by molar-refractivity contribution is 7.22. The standard InChI is InChI=1S/C18H15N5OS/c1-11-7-19-10-17(21-11)23-18-22-15-4-3-12(6-16(15)25-18)13-5-14(24-2)9-20-8-13/h3-10H,1-2H3,(H,21,22,23). The highest BCUT2D eigenvalue weighted by Crippen LogP contribution is 2.32. The van der Waals surface area contributed by atoms with E-state index in [1.54, 1.807) is 37.0 Å². The van der Waals surface area contributed by atoms with Crippen molar-refractivity contribution >= 4 is 32.5 Å². The maximum Gasteiger partial charge on any atom is 0.189 e. The molecule has 7 heteroatoms. The van der Waals surface area contributed by atoms with E-state index in [0.717, 1.165) is 37.9 Å². The molecule has 0 unspecified atom stereocenters. The highest BCUT2D eigenvalue weighted by Gasteiger charge is 2.08. The van der Waals surface area contributed by atoms with E-state index in [0.29, 0.717) is 5.82 Å². The summed E-state index contributed by atoms with van der Waals surface area (Å²) in [6.07, 6.45) is 6.93. The minimum atomic E-state index is 0.691. The Morgan fingerprint density at radius 1 is 0.960 bits per heavy atom. The molecule has 0 spiro atoms. The molecule has 25 heavy (non-hydrogen) atoms. The summed E-state index contributed by atoms with van der Waals surface area (Å²) in [7, 11) is 1.64. The van der Waals surface area contributed by atoms with Crippen LogP contribution < -0.4 is 10.1 Å². The van der Waals surface area contributed by atoms with E-state index in [9.17, 15) is 0 Å². The second-order valence-corrected chi connectivity index (χ2v) is 6.52. The molecule has 0 saturated heterocycles. The first kappa shape index (κ1) is 15.5. The third kappa shape index (κ3) is 3.27. The lowest BCUT2D eigenvalue weighted by Gasteiger charge is -2.03. The number of thiazole rings is 1. The number of aromatic nitrogens is 4. The van der Waals surface area contributed by atoms with E-state index in [2.05, 4.69) is 31.3 Å². The van der Waals surface area contributed by atoms with E-state index in [4.69, 9.17) is 4.74 Å². The Balaban J connectivity index is 1.67. The van der Waals surface area contributed by atoms with Gasteiger partial charge in [-0.1, -0.05) is 17.4 Å². The number of anilines is 2. The summed E-state index contributed by atoms with van der Waals surface area (Å²) in [5.41, 5.74) is 3.88. The summed E-state index contributed by atoms with van der Waals surface area (Å²) in [6.45, 7) is 1.91. The minimum absolute atomic E-state index is 0.691. The fourth-order valence-electron chi connectivity index (χ4n) is 2.48. The van der Waals surface area contributed by atoms with Crippen LogP contribution in [0.25, 0.3) is 21.3 Å². The van der Waals surface area contributed by atoms with Crippen molar-refractivity contribution in [2.24, 2.45) is 0 Å². The lowest BCUT2D eigenvalue weighted by Crippen LogP contribution is -1.95.